The average molecular weight is 241 g/mol. The summed E-state index contributed by atoms with van der Waals surface area (Å²) in [5.41, 5.74) is -0.256. The van der Waals surface area contributed by atoms with Gasteiger partial charge in [0, 0.05) is 12.1 Å². The van der Waals surface area contributed by atoms with E-state index in [1.54, 1.807) is 0 Å². The predicted octanol–water partition coefficient (Wildman–Crippen LogP) is 0.0169. The van der Waals surface area contributed by atoms with Gasteiger partial charge in [0.2, 0.25) is 11.8 Å². The largest absolute Gasteiger partial charge is 0.350 e. The molecule has 98 valence electrons. The molecule has 0 radical (unpaired) electrons. The molecule has 1 unspecified atom stereocenters. The quantitative estimate of drug-likeness (QED) is 0.652. The fourth-order valence-electron chi connectivity index (χ4n) is 1.85. The summed E-state index contributed by atoms with van der Waals surface area (Å²) in [6.07, 6.45) is 1.92. The molecule has 17 heavy (non-hydrogen) atoms. The summed E-state index contributed by atoms with van der Waals surface area (Å²) in [5, 5.41) is 8.67. The molecule has 1 saturated heterocycles. The van der Waals surface area contributed by atoms with Gasteiger partial charge in [-0.1, -0.05) is 0 Å². The van der Waals surface area contributed by atoms with Gasteiger partial charge in [-0.25, -0.2) is 0 Å². The molecule has 1 fully saturated rings. The molecule has 0 aromatic carbocycles. The van der Waals surface area contributed by atoms with Crippen molar-refractivity contribution in [1.82, 2.24) is 16.0 Å². The number of hydrogen-bond acceptors (Lipinski definition) is 3. The minimum Gasteiger partial charge on any atom is -0.350 e. The zero-order chi connectivity index (χ0) is 12.9. The van der Waals surface area contributed by atoms with Gasteiger partial charge in [-0.05, 0) is 40.2 Å². The van der Waals surface area contributed by atoms with Crippen molar-refractivity contribution in [3.05, 3.63) is 0 Å². The van der Waals surface area contributed by atoms with Gasteiger partial charge in [0.05, 0.1) is 12.5 Å². The monoisotopic (exact) mass is 241 g/mol. The molecule has 1 heterocycles. The summed E-state index contributed by atoms with van der Waals surface area (Å²) in [7, 11) is 0. The lowest BCUT2D eigenvalue weighted by molar-refractivity contribution is -0.129. The van der Waals surface area contributed by atoms with Gasteiger partial charge in [0.1, 0.15) is 0 Å². The van der Waals surface area contributed by atoms with Crippen molar-refractivity contribution in [3.63, 3.8) is 0 Å². The minimum atomic E-state index is -0.256. The lowest BCUT2D eigenvalue weighted by Gasteiger charge is -2.23. The summed E-state index contributed by atoms with van der Waals surface area (Å²) in [6, 6.07) is 0. The van der Waals surface area contributed by atoms with Crippen LogP contribution in [-0.2, 0) is 9.59 Å². The third kappa shape index (κ3) is 5.68. The Hall–Kier alpha value is -1.10. The Morgan fingerprint density at radius 1 is 1.35 bits per heavy atom. The first-order valence-electron chi connectivity index (χ1n) is 6.18. The van der Waals surface area contributed by atoms with Crippen LogP contribution in [0.4, 0.5) is 0 Å². The molecule has 5 nitrogen and oxygen atoms in total. The van der Waals surface area contributed by atoms with Crippen LogP contribution in [0, 0.1) is 5.92 Å². The zero-order valence-corrected chi connectivity index (χ0v) is 10.9. The third-order valence-corrected chi connectivity index (χ3v) is 2.61. The van der Waals surface area contributed by atoms with Gasteiger partial charge in [0.25, 0.3) is 0 Å². The van der Waals surface area contributed by atoms with Crippen molar-refractivity contribution in [2.24, 2.45) is 5.92 Å². The highest BCUT2D eigenvalue weighted by atomic mass is 16.2. The van der Waals surface area contributed by atoms with Crippen LogP contribution in [0.5, 0.6) is 0 Å². The summed E-state index contributed by atoms with van der Waals surface area (Å²) in [4.78, 5) is 23.2. The lowest BCUT2D eigenvalue weighted by Crippen LogP contribution is -2.48. The first-order chi connectivity index (χ1) is 7.88. The maximum Gasteiger partial charge on any atom is 0.239 e. The number of piperidine rings is 1. The van der Waals surface area contributed by atoms with E-state index in [1.165, 1.54) is 0 Å². The highest BCUT2D eigenvalue weighted by Crippen LogP contribution is 2.09. The van der Waals surface area contributed by atoms with E-state index in [2.05, 4.69) is 16.0 Å². The van der Waals surface area contributed by atoms with E-state index in [9.17, 15) is 9.59 Å². The Labute approximate surface area is 103 Å². The topological polar surface area (TPSA) is 70.2 Å². The van der Waals surface area contributed by atoms with Gasteiger partial charge in [-0.15, -0.1) is 0 Å². The number of rotatable bonds is 3. The van der Waals surface area contributed by atoms with Crippen LogP contribution in [0.1, 0.15) is 33.6 Å². The first-order valence-corrected chi connectivity index (χ1v) is 6.18. The molecule has 0 aliphatic carbocycles. The van der Waals surface area contributed by atoms with Crippen molar-refractivity contribution < 1.29 is 9.59 Å². The molecule has 2 amide bonds. The van der Waals surface area contributed by atoms with Crippen molar-refractivity contribution in [2.75, 3.05) is 19.6 Å². The molecule has 1 rings (SSSR count). The van der Waals surface area contributed by atoms with Gasteiger partial charge in [-0.2, -0.15) is 0 Å². The Morgan fingerprint density at radius 2 is 2.06 bits per heavy atom. The maximum absolute atomic E-state index is 11.7. The number of carbonyl (C=O) groups excluding carboxylic acids is 2. The van der Waals surface area contributed by atoms with Crippen molar-refractivity contribution >= 4 is 11.8 Å². The number of hydrogen-bond donors (Lipinski definition) is 3. The summed E-state index contributed by atoms with van der Waals surface area (Å²) >= 11 is 0. The van der Waals surface area contributed by atoms with E-state index in [-0.39, 0.29) is 29.8 Å². The molecule has 3 N–H and O–H groups in total. The number of amides is 2. The highest BCUT2D eigenvalue weighted by molar-refractivity contribution is 5.86. The van der Waals surface area contributed by atoms with E-state index in [4.69, 9.17) is 0 Å². The third-order valence-electron chi connectivity index (χ3n) is 2.61. The van der Waals surface area contributed by atoms with Crippen LogP contribution >= 0.6 is 0 Å². The predicted molar refractivity (Wildman–Crippen MR) is 66.5 cm³/mol. The fourth-order valence-corrected chi connectivity index (χ4v) is 1.85. The molecule has 1 aliphatic heterocycles. The molecular formula is C12H23N3O2. The molecule has 1 atom stereocenters. The van der Waals surface area contributed by atoms with Crippen molar-refractivity contribution in [2.45, 2.75) is 39.2 Å². The number of nitrogens with one attached hydrogen (secondary N) is 3. The van der Waals surface area contributed by atoms with E-state index < -0.39 is 0 Å². The summed E-state index contributed by atoms with van der Waals surface area (Å²) in [6.45, 7) is 7.50. The van der Waals surface area contributed by atoms with E-state index in [1.807, 2.05) is 20.8 Å². The smallest absolute Gasteiger partial charge is 0.239 e. The molecule has 0 aromatic heterocycles. The second kappa shape index (κ2) is 6.00. The van der Waals surface area contributed by atoms with Gasteiger partial charge < -0.3 is 16.0 Å². The highest BCUT2D eigenvalue weighted by Gasteiger charge is 2.21. The second-order valence-electron chi connectivity index (χ2n) is 5.56. The Kier molecular flexibility index (Phi) is 4.93. The Balaban J connectivity index is 2.25. The second-order valence-corrected chi connectivity index (χ2v) is 5.56. The maximum atomic E-state index is 11.7. The van der Waals surface area contributed by atoms with Crippen LogP contribution in [0.3, 0.4) is 0 Å². The van der Waals surface area contributed by atoms with E-state index in [0.29, 0.717) is 6.54 Å². The molecule has 5 heteroatoms. The minimum absolute atomic E-state index is 0.00573. The van der Waals surface area contributed by atoms with Crippen LogP contribution in [0.15, 0.2) is 0 Å². The van der Waals surface area contributed by atoms with Gasteiger partial charge in [0.15, 0.2) is 0 Å². The first kappa shape index (κ1) is 14.0. The van der Waals surface area contributed by atoms with Crippen LogP contribution in [0.2, 0.25) is 0 Å². The molecule has 0 saturated carbocycles. The van der Waals surface area contributed by atoms with Crippen LogP contribution in [-0.4, -0.2) is 37.0 Å². The van der Waals surface area contributed by atoms with Crippen molar-refractivity contribution in [1.29, 1.82) is 0 Å². The lowest BCUT2D eigenvalue weighted by atomic mass is 9.99. The number of carbonyl (C=O) groups is 2. The summed E-state index contributed by atoms with van der Waals surface area (Å²) in [5.74, 6) is -0.165. The van der Waals surface area contributed by atoms with E-state index >= 15 is 0 Å². The van der Waals surface area contributed by atoms with Crippen LogP contribution in [0.25, 0.3) is 0 Å². The molecule has 1 aliphatic rings. The normalized spacial score (nSPS) is 20.8. The average Bonchev–Trinajstić information content (AvgIpc) is 2.25. The standard InChI is InChI=1S/C12H23N3O2/c1-12(2,3)15-10(16)8-14-11(17)9-5-4-6-13-7-9/h9,13H,4-8H2,1-3H3,(H,14,17)(H,15,16). The Morgan fingerprint density at radius 3 is 2.59 bits per heavy atom. The SMILES string of the molecule is CC(C)(C)NC(=O)CNC(=O)C1CCCNC1. The molecular weight excluding hydrogens is 218 g/mol. The van der Waals surface area contributed by atoms with Crippen molar-refractivity contribution in [3.8, 4) is 0 Å². The van der Waals surface area contributed by atoms with Crippen LogP contribution < -0.4 is 16.0 Å². The Bertz CT molecular complexity index is 278. The molecule has 0 spiro atoms. The molecule has 0 bridgehead atoms. The van der Waals surface area contributed by atoms with Gasteiger partial charge >= 0.3 is 0 Å². The summed E-state index contributed by atoms with van der Waals surface area (Å²) < 4.78 is 0. The van der Waals surface area contributed by atoms with Gasteiger partial charge in [-0.3, -0.25) is 9.59 Å². The zero-order valence-electron chi connectivity index (χ0n) is 10.9. The fraction of sp³-hybridized carbons (Fsp3) is 0.833. The molecule has 0 aromatic rings. The van der Waals surface area contributed by atoms with E-state index in [0.717, 1.165) is 19.4 Å².